The van der Waals surface area contributed by atoms with Crippen molar-refractivity contribution in [3.8, 4) is 0 Å². The second kappa shape index (κ2) is 6.51. The van der Waals surface area contributed by atoms with Gasteiger partial charge in [-0.1, -0.05) is 6.92 Å². The summed E-state index contributed by atoms with van der Waals surface area (Å²) >= 11 is 0. The predicted octanol–water partition coefficient (Wildman–Crippen LogP) is 1.39. The molecule has 1 rings (SSSR count). The molecule has 0 amide bonds. The van der Waals surface area contributed by atoms with Crippen molar-refractivity contribution in [2.24, 2.45) is 0 Å². The Morgan fingerprint density at radius 2 is 2.11 bits per heavy atom. The number of anilines is 1. The van der Waals surface area contributed by atoms with E-state index in [4.69, 9.17) is 10.5 Å². The van der Waals surface area contributed by atoms with Crippen molar-refractivity contribution in [3.05, 3.63) is 29.6 Å². The summed E-state index contributed by atoms with van der Waals surface area (Å²) in [6.07, 6.45) is 0.193. The third kappa shape index (κ3) is 4.86. The van der Waals surface area contributed by atoms with Gasteiger partial charge in [-0.25, -0.2) is 17.6 Å². The Hall–Kier alpha value is -1.63. The van der Waals surface area contributed by atoms with Gasteiger partial charge in [0.2, 0.25) is 0 Å². The monoisotopic (exact) mass is 289 g/mol. The van der Waals surface area contributed by atoms with Gasteiger partial charge in [0.05, 0.1) is 17.9 Å². The summed E-state index contributed by atoms with van der Waals surface area (Å²) in [6.45, 7) is 1.48. The van der Waals surface area contributed by atoms with Gasteiger partial charge in [-0.05, 0) is 24.6 Å². The lowest BCUT2D eigenvalue weighted by molar-refractivity contribution is 0.0500. The number of sulfone groups is 1. The van der Waals surface area contributed by atoms with Crippen LogP contribution in [0, 0.1) is 5.82 Å². The summed E-state index contributed by atoms with van der Waals surface area (Å²) in [7, 11) is -3.08. The highest BCUT2D eigenvalue weighted by atomic mass is 32.2. The molecule has 0 bridgehead atoms. The first-order chi connectivity index (χ1) is 8.85. The fraction of sp³-hybridized carbons (Fsp3) is 0.417. The van der Waals surface area contributed by atoms with Crippen molar-refractivity contribution in [2.45, 2.75) is 13.3 Å². The van der Waals surface area contributed by atoms with E-state index in [1.807, 2.05) is 0 Å². The van der Waals surface area contributed by atoms with E-state index in [0.717, 1.165) is 6.07 Å². The van der Waals surface area contributed by atoms with Crippen molar-refractivity contribution in [1.82, 2.24) is 0 Å². The quantitative estimate of drug-likeness (QED) is 0.486. The Kier molecular flexibility index (Phi) is 5.29. The molecule has 1 aromatic carbocycles. The zero-order valence-corrected chi connectivity index (χ0v) is 11.4. The lowest BCUT2D eigenvalue weighted by Crippen LogP contribution is -2.14. The first-order valence-electron chi connectivity index (χ1n) is 5.78. The van der Waals surface area contributed by atoms with Gasteiger partial charge in [0.25, 0.3) is 0 Å². The number of rotatable bonds is 6. The van der Waals surface area contributed by atoms with Gasteiger partial charge in [-0.3, -0.25) is 0 Å². The summed E-state index contributed by atoms with van der Waals surface area (Å²) < 4.78 is 40.6. The van der Waals surface area contributed by atoms with E-state index in [1.165, 1.54) is 12.1 Å². The number of nitrogens with two attached hydrogens (primary N) is 1. The first kappa shape index (κ1) is 15.4. The molecule has 0 aliphatic carbocycles. The minimum Gasteiger partial charge on any atom is -0.462 e. The Bertz CT molecular complexity index is 557. The Labute approximate surface area is 111 Å². The maximum absolute atomic E-state index is 13.4. The summed E-state index contributed by atoms with van der Waals surface area (Å²) in [6, 6.07) is 3.65. The van der Waals surface area contributed by atoms with Gasteiger partial charge in [-0.15, -0.1) is 0 Å². The minimum absolute atomic E-state index is 0.0491. The third-order valence-electron chi connectivity index (χ3n) is 2.49. The lowest BCUT2D eigenvalue weighted by atomic mass is 10.2. The smallest absolute Gasteiger partial charge is 0.341 e. The van der Waals surface area contributed by atoms with Gasteiger partial charge in [-0.2, -0.15) is 0 Å². The molecule has 0 radical (unpaired) electrons. The minimum atomic E-state index is -3.08. The maximum atomic E-state index is 13.4. The van der Waals surface area contributed by atoms with Crippen LogP contribution in [-0.2, 0) is 14.6 Å². The number of esters is 1. The number of carbonyl (C=O) groups excluding carboxylic acids is 1. The standard InChI is InChI=1S/C12H16FNO4S/c1-2-19(16,17)7-3-6-18-12(15)10-5-4-9(14)8-11(10)13/h4-5,8H,2-3,6-7,14H2,1H3. The molecule has 0 aromatic heterocycles. The number of ether oxygens (including phenoxy) is 1. The fourth-order valence-corrected chi connectivity index (χ4v) is 2.21. The topological polar surface area (TPSA) is 86.5 Å². The molecule has 0 spiro atoms. The average molecular weight is 289 g/mol. The summed E-state index contributed by atoms with van der Waals surface area (Å²) in [5.41, 5.74) is 5.35. The molecule has 0 heterocycles. The van der Waals surface area contributed by atoms with Crippen LogP contribution < -0.4 is 5.73 Å². The van der Waals surface area contributed by atoms with Crippen LogP contribution in [0.2, 0.25) is 0 Å². The van der Waals surface area contributed by atoms with Crippen LogP contribution in [0.25, 0.3) is 0 Å². The third-order valence-corrected chi connectivity index (χ3v) is 4.28. The molecule has 0 aliphatic rings. The Balaban J connectivity index is 2.48. The SMILES string of the molecule is CCS(=O)(=O)CCCOC(=O)c1ccc(N)cc1F. The maximum Gasteiger partial charge on any atom is 0.341 e. The molecule has 7 heteroatoms. The van der Waals surface area contributed by atoms with E-state index in [9.17, 15) is 17.6 Å². The lowest BCUT2D eigenvalue weighted by Gasteiger charge is -2.06. The molecule has 106 valence electrons. The zero-order valence-electron chi connectivity index (χ0n) is 10.6. The molecule has 0 saturated heterocycles. The molecule has 0 unspecified atom stereocenters. The highest BCUT2D eigenvalue weighted by Gasteiger charge is 2.14. The normalized spacial score (nSPS) is 11.3. The largest absolute Gasteiger partial charge is 0.462 e. The van der Waals surface area contributed by atoms with E-state index < -0.39 is 21.6 Å². The van der Waals surface area contributed by atoms with Crippen molar-refractivity contribution in [3.63, 3.8) is 0 Å². The van der Waals surface area contributed by atoms with Crippen molar-refractivity contribution >= 4 is 21.5 Å². The summed E-state index contributed by atoms with van der Waals surface area (Å²) in [4.78, 5) is 11.5. The highest BCUT2D eigenvalue weighted by molar-refractivity contribution is 7.91. The highest BCUT2D eigenvalue weighted by Crippen LogP contribution is 2.13. The van der Waals surface area contributed by atoms with Gasteiger partial charge in [0, 0.05) is 11.4 Å². The fourth-order valence-electron chi connectivity index (χ4n) is 1.36. The summed E-state index contributed by atoms with van der Waals surface area (Å²) in [5, 5.41) is 0. The molecule has 0 fully saturated rings. The zero-order chi connectivity index (χ0) is 14.5. The van der Waals surface area contributed by atoms with E-state index in [1.54, 1.807) is 6.92 Å². The molecule has 0 saturated carbocycles. The number of nitrogen functional groups attached to an aromatic ring is 1. The average Bonchev–Trinajstić information content (AvgIpc) is 2.34. The number of carbonyl (C=O) groups is 1. The molecular formula is C12H16FNO4S. The van der Waals surface area contributed by atoms with Gasteiger partial charge < -0.3 is 10.5 Å². The number of hydrogen-bond acceptors (Lipinski definition) is 5. The second-order valence-corrected chi connectivity index (χ2v) is 6.44. The van der Waals surface area contributed by atoms with Crippen LogP contribution in [0.15, 0.2) is 18.2 Å². The Morgan fingerprint density at radius 3 is 2.68 bits per heavy atom. The second-order valence-electron chi connectivity index (χ2n) is 3.97. The van der Waals surface area contributed by atoms with Crippen LogP contribution >= 0.6 is 0 Å². The molecular weight excluding hydrogens is 273 g/mol. The van der Waals surface area contributed by atoms with Crippen molar-refractivity contribution < 1.29 is 22.3 Å². The van der Waals surface area contributed by atoms with Crippen LogP contribution in [0.3, 0.4) is 0 Å². The van der Waals surface area contributed by atoms with E-state index in [0.29, 0.717) is 0 Å². The van der Waals surface area contributed by atoms with Crippen LogP contribution in [0.5, 0.6) is 0 Å². The van der Waals surface area contributed by atoms with Gasteiger partial charge in [0.1, 0.15) is 15.7 Å². The van der Waals surface area contributed by atoms with Crippen molar-refractivity contribution in [2.75, 3.05) is 23.8 Å². The van der Waals surface area contributed by atoms with Crippen molar-refractivity contribution in [1.29, 1.82) is 0 Å². The van der Waals surface area contributed by atoms with E-state index in [2.05, 4.69) is 0 Å². The molecule has 0 aliphatic heterocycles. The van der Waals surface area contributed by atoms with Crippen LogP contribution in [0.4, 0.5) is 10.1 Å². The molecule has 2 N–H and O–H groups in total. The van der Waals surface area contributed by atoms with Crippen LogP contribution in [0.1, 0.15) is 23.7 Å². The molecule has 5 nitrogen and oxygen atoms in total. The van der Waals surface area contributed by atoms with Crippen LogP contribution in [-0.4, -0.2) is 32.5 Å². The summed E-state index contributed by atoms with van der Waals surface area (Å²) in [5.74, 6) is -1.59. The first-order valence-corrected chi connectivity index (χ1v) is 7.60. The Morgan fingerprint density at radius 1 is 1.42 bits per heavy atom. The van der Waals surface area contributed by atoms with E-state index in [-0.39, 0.29) is 35.8 Å². The molecule has 0 atom stereocenters. The van der Waals surface area contributed by atoms with Gasteiger partial charge in [0.15, 0.2) is 0 Å². The number of halogens is 1. The predicted molar refractivity (Wildman–Crippen MR) is 70.0 cm³/mol. The van der Waals surface area contributed by atoms with Gasteiger partial charge >= 0.3 is 5.97 Å². The van der Waals surface area contributed by atoms with E-state index >= 15 is 0 Å². The number of hydrogen-bond donors (Lipinski definition) is 1. The molecule has 1 aromatic rings. The number of benzene rings is 1. The molecule has 19 heavy (non-hydrogen) atoms.